The minimum absolute atomic E-state index is 0.258. The second kappa shape index (κ2) is 6.15. The molecule has 0 aromatic heterocycles. The summed E-state index contributed by atoms with van der Waals surface area (Å²) in [5.74, 6) is -1.92. The third-order valence-corrected chi connectivity index (χ3v) is 5.08. The first-order valence-corrected chi connectivity index (χ1v) is 8.01. The zero-order chi connectivity index (χ0) is 14.8. The summed E-state index contributed by atoms with van der Waals surface area (Å²) in [5, 5.41) is 8.90. The van der Waals surface area contributed by atoms with Crippen LogP contribution in [0.5, 0.6) is 0 Å². The van der Waals surface area contributed by atoms with E-state index in [1.807, 2.05) is 0 Å². The molecule has 0 saturated heterocycles. The summed E-state index contributed by atoms with van der Waals surface area (Å²) in [6, 6.07) is 1.72. The minimum atomic E-state index is -4.03. The SMILES string of the molecule is O=S(=O)(NCC1CCCC1)c1ccc(F)c(CO)c1F. The van der Waals surface area contributed by atoms with Crippen molar-refractivity contribution >= 4 is 10.0 Å². The summed E-state index contributed by atoms with van der Waals surface area (Å²) in [7, 11) is -4.03. The number of hydrogen-bond acceptors (Lipinski definition) is 3. The van der Waals surface area contributed by atoms with Gasteiger partial charge in [0.05, 0.1) is 12.2 Å². The molecule has 0 amide bonds. The predicted molar refractivity (Wildman–Crippen MR) is 69.4 cm³/mol. The summed E-state index contributed by atoms with van der Waals surface area (Å²) in [5.41, 5.74) is -0.631. The van der Waals surface area contributed by atoms with E-state index < -0.39 is 38.7 Å². The Morgan fingerprint density at radius 1 is 1.25 bits per heavy atom. The average molecular weight is 305 g/mol. The highest BCUT2D eigenvalue weighted by Crippen LogP contribution is 2.25. The minimum Gasteiger partial charge on any atom is -0.391 e. The Bertz CT molecular complexity index is 584. The van der Waals surface area contributed by atoms with E-state index in [0.29, 0.717) is 0 Å². The Balaban J connectivity index is 2.20. The molecule has 0 unspecified atom stereocenters. The van der Waals surface area contributed by atoms with Crippen molar-refractivity contribution in [2.45, 2.75) is 37.2 Å². The molecule has 0 bridgehead atoms. The molecule has 0 radical (unpaired) electrons. The Morgan fingerprint density at radius 2 is 1.90 bits per heavy atom. The second-order valence-corrected chi connectivity index (χ2v) is 6.73. The van der Waals surface area contributed by atoms with Crippen LogP contribution in [0.3, 0.4) is 0 Å². The molecule has 0 aliphatic heterocycles. The zero-order valence-corrected chi connectivity index (χ0v) is 11.7. The van der Waals surface area contributed by atoms with Gasteiger partial charge in [-0.3, -0.25) is 0 Å². The Kier molecular flexibility index (Phi) is 4.72. The first-order valence-electron chi connectivity index (χ1n) is 6.53. The quantitative estimate of drug-likeness (QED) is 0.873. The van der Waals surface area contributed by atoms with E-state index in [1.54, 1.807) is 0 Å². The van der Waals surface area contributed by atoms with Gasteiger partial charge in [0.15, 0.2) is 5.82 Å². The highest BCUT2D eigenvalue weighted by atomic mass is 32.2. The van der Waals surface area contributed by atoms with Gasteiger partial charge in [-0.1, -0.05) is 12.8 Å². The smallest absolute Gasteiger partial charge is 0.243 e. The fourth-order valence-electron chi connectivity index (χ4n) is 2.45. The van der Waals surface area contributed by atoms with E-state index in [4.69, 9.17) is 5.11 Å². The predicted octanol–water partition coefficient (Wildman–Crippen LogP) is 1.93. The van der Waals surface area contributed by atoms with Crippen LogP contribution < -0.4 is 4.72 Å². The van der Waals surface area contributed by atoms with Crippen molar-refractivity contribution in [2.24, 2.45) is 5.92 Å². The van der Waals surface area contributed by atoms with E-state index in [9.17, 15) is 17.2 Å². The van der Waals surface area contributed by atoms with Gasteiger partial charge in [-0.15, -0.1) is 0 Å². The van der Waals surface area contributed by atoms with Gasteiger partial charge < -0.3 is 5.11 Å². The summed E-state index contributed by atoms with van der Waals surface area (Å²) in [6.07, 6.45) is 4.06. The van der Waals surface area contributed by atoms with Crippen molar-refractivity contribution in [3.8, 4) is 0 Å². The van der Waals surface area contributed by atoms with E-state index in [0.717, 1.165) is 37.8 Å². The summed E-state index contributed by atoms with van der Waals surface area (Å²) >= 11 is 0. The van der Waals surface area contributed by atoms with E-state index >= 15 is 0 Å². The van der Waals surface area contributed by atoms with Gasteiger partial charge in [0, 0.05) is 6.54 Å². The van der Waals surface area contributed by atoms with Gasteiger partial charge in [0.2, 0.25) is 10.0 Å². The van der Waals surface area contributed by atoms with Gasteiger partial charge >= 0.3 is 0 Å². The molecule has 2 rings (SSSR count). The van der Waals surface area contributed by atoms with Crippen molar-refractivity contribution < 1.29 is 22.3 Å². The maximum absolute atomic E-state index is 13.9. The molecule has 1 saturated carbocycles. The van der Waals surface area contributed by atoms with Crippen molar-refractivity contribution in [3.05, 3.63) is 29.3 Å². The molecule has 0 spiro atoms. The molecule has 0 heterocycles. The van der Waals surface area contributed by atoms with Crippen LogP contribution in [0.4, 0.5) is 8.78 Å². The molecule has 1 aliphatic rings. The van der Waals surface area contributed by atoms with Crippen molar-refractivity contribution in [3.63, 3.8) is 0 Å². The fraction of sp³-hybridized carbons (Fsp3) is 0.538. The molecule has 7 heteroatoms. The first-order chi connectivity index (χ1) is 9.45. The van der Waals surface area contributed by atoms with E-state index in [1.165, 1.54) is 0 Å². The summed E-state index contributed by atoms with van der Waals surface area (Å²) in [6.45, 7) is -0.628. The lowest BCUT2D eigenvalue weighted by atomic mass is 10.1. The lowest BCUT2D eigenvalue weighted by Crippen LogP contribution is -2.29. The van der Waals surface area contributed by atoms with Crippen LogP contribution in [0.15, 0.2) is 17.0 Å². The van der Waals surface area contributed by atoms with Gasteiger partial charge in [-0.25, -0.2) is 21.9 Å². The van der Waals surface area contributed by atoms with Gasteiger partial charge in [-0.2, -0.15) is 0 Å². The molecule has 1 aliphatic carbocycles. The van der Waals surface area contributed by atoms with Crippen LogP contribution in [0.1, 0.15) is 31.2 Å². The van der Waals surface area contributed by atoms with Crippen LogP contribution >= 0.6 is 0 Å². The topological polar surface area (TPSA) is 66.4 Å². The Labute approximate surface area is 116 Å². The van der Waals surface area contributed by atoms with Crippen LogP contribution in [0.2, 0.25) is 0 Å². The average Bonchev–Trinajstić information content (AvgIpc) is 2.90. The monoisotopic (exact) mass is 305 g/mol. The van der Waals surface area contributed by atoms with Gasteiger partial charge in [0.25, 0.3) is 0 Å². The Morgan fingerprint density at radius 3 is 2.50 bits per heavy atom. The third kappa shape index (κ3) is 3.16. The largest absolute Gasteiger partial charge is 0.391 e. The van der Waals surface area contributed by atoms with Gasteiger partial charge in [-0.05, 0) is 30.9 Å². The van der Waals surface area contributed by atoms with Crippen molar-refractivity contribution in [1.29, 1.82) is 0 Å². The number of benzene rings is 1. The van der Waals surface area contributed by atoms with E-state index in [-0.39, 0.29) is 12.5 Å². The number of halogens is 2. The fourth-order valence-corrected chi connectivity index (χ4v) is 3.67. The Hall–Kier alpha value is -1.05. The maximum Gasteiger partial charge on any atom is 0.243 e. The highest BCUT2D eigenvalue weighted by Gasteiger charge is 2.25. The summed E-state index contributed by atoms with van der Waals surface area (Å²) in [4.78, 5) is -0.624. The molecular weight excluding hydrogens is 288 g/mol. The summed E-state index contributed by atoms with van der Waals surface area (Å²) < 4.78 is 53.6. The van der Waals surface area contributed by atoms with Crippen LogP contribution in [0, 0.1) is 17.6 Å². The second-order valence-electron chi connectivity index (χ2n) is 5.00. The van der Waals surface area contributed by atoms with Crippen molar-refractivity contribution in [1.82, 2.24) is 4.72 Å². The normalized spacial score (nSPS) is 16.8. The number of nitrogens with one attached hydrogen (secondary N) is 1. The maximum atomic E-state index is 13.9. The van der Waals surface area contributed by atoms with Crippen molar-refractivity contribution in [2.75, 3.05) is 6.54 Å². The molecule has 1 aromatic carbocycles. The molecule has 1 fully saturated rings. The van der Waals surface area contributed by atoms with Crippen LogP contribution in [0.25, 0.3) is 0 Å². The zero-order valence-electron chi connectivity index (χ0n) is 10.9. The number of aliphatic hydroxyl groups is 1. The molecular formula is C13H17F2NO3S. The molecule has 2 N–H and O–H groups in total. The molecule has 4 nitrogen and oxygen atoms in total. The number of rotatable bonds is 5. The molecule has 0 atom stereocenters. The number of hydrogen-bond donors (Lipinski definition) is 2. The lowest BCUT2D eigenvalue weighted by Gasteiger charge is -2.13. The lowest BCUT2D eigenvalue weighted by molar-refractivity contribution is 0.267. The van der Waals surface area contributed by atoms with E-state index in [2.05, 4.69) is 4.72 Å². The third-order valence-electron chi connectivity index (χ3n) is 3.64. The molecule has 1 aromatic rings. The van der Waals surface area contributed by atoms with Gasteiger partial charge in [0.1, 0.15) is 10.7 Å². The molecule has 112 valence electrons. The van der Waals surface area contributed by atoms with Crippen LogP contribution in [-0.2, 0) is 16.6 Å². The first kappa shape index (κ1) is 15.3. The standard InChI is InChI=1S/C13H17F2NO3S/c14-11-5-6-12(13(15)10(11)8-17)20(18,19)16-7-9-3-1-2-4-9/h5-6,9,16-17H,1-4,7-8H2. The molecule has 20 heavy (non-hydrogen) atoms. The van der Waals surface area contributed by atoms with Crippen LogP contribution in [-0.4, -0.2) is 20.1 Å². The number of sulfonamides is 1. The number of aliphatic hydroxyl groups excluding tert-OH is 1. The highest BCUT2D eigenvalue weighted by molar-refractivity contribution is 7.89.